The van der Waals surface area contributed by atoms with Gasteiger partial charge in [0.25, 0.3) is 0 Å². The maximum atomic E-state index is 12.0. The average Bonchev–Trinajstić information content (AvgIpc) is 2.53. The van der Waals surface area contributed by atoms with Gasteiger partial charge in [-0.2, -0.15) is 0 Å². The number of hydrogen-bond acceptors (Lipinski definition) is 5. The molecule has 0 aliphatic heterocycles. The molecule has 2 aromatic rings. The van der Waals surface area contributed by atoms with Crippen molar-refractivity contribution in [1.29, 1.82) is 0 Å². The Hall–Kier alpha value is -2.38. The molecular weight excluding hydrogens is 330 g/mol. The quantitative estimate of drug-likeness (QED) is 0.611. The molecule has 128 valence electrons. The number of ether oxygens (including phenoxy) is 2. The van der Waals surface area contributed by atoms with E-state index in [1.165, 1.54) is 7.11 Å². The van der Waals surface area contributed by atoms with E-state index in [-0.39, 0.29) is 11.5 Å². The summed E-state index contributed by atoms with van der Waals surface area (Å²) in [5, 5.41) is 0. The molecule has 0 aliphatic rings. The van der Waals surface area contributed by atoms with E-state index in [0.29, 0.717) is 11.3 Å². The first-order valence-corrected chi connectivity index (χ1v) is 8.91. The first-order valence-electron chi connectivity index (χ1n) is 7.26. The lowest BCUT2D eigenvalue weighted by atomic mass is 10.2. The summed E-state index contributed by atoms with van der Waals surface area (Å²) in [6, 6.07) is 13.8. The molecule has 1 N–H and O–H groups in total. The fraction of sp³-hybridized carbons (Fsp3) is 0.235. The van der Waals surface area contributed by atoms with E-state index in [4.69, 9.17) is 9.47 Å². The van der Waals surface area contributed by atoms with Gasteiger partial charge >= 0.3 is 5.97 Å². The molecule has 0 unspecified atom stereocenters. The Morgan fingerprint density at radius 2 is 1.79 bits per heavy atom. The van der Waals surface area contributed by atoms with Crippen molar-refractivity contribution in [2.75, 3.05) is 13.7 Å². The van der Waals surface area contributed by atoms with Gasteiger partial charge in [-0.3, -0.25) is 4.79 Å². The van der Waals surface area contributed by atoms with E-state index in [9.17, 15) is 13.2 Å². The maximum Gasteiger partial charge on any atom is 0.326 e. The monoisotopic (exact) mass is 349 g/mol. The summed E-state index contributed by atoms with van der Waals surface area (Å²) in [5.74, 6) is -0.278. The summed E-state index contributed by atoms with van der Waals surface area (Å²) < 4.78 is 36.5. The smallest absolute Gasteiger partial charge is 0.326 e. The van der Waals surface area contributed by atoms with Crippen LogP contribution in [0.1, 0.15) is 11.1 Å². The van der Waals surface area contributed by atoms with Crippen molar-refractivity contribution in [3.63, 3.8) is 0 Å². The van der Waals surface area contributed by atoms with E-state index in [0.717, 1.165) is 5.56 Å². The number of methoxy groups -OCH3 is 1. The lowest BCUT2D eigenvalue weighted by molar-refractivity contribution is -0.133. The Bertz CT molecular complexity index is 817. The molecule has 0 aliphatic carbocycles. The summed E-state index contributed by atoms with van der Waals surface area (Å²) in [6.45, 7) is 1.43. The van der Waals surface area contributed by atoms with Crippen LogP contribution in [0, 0.1) is 6.92 Å². The zero-order valence-corrected chi connectivity index (χ0v) is 14.3. The van der Waals surface area contributed by atoms with Crippen LogP contribution in [-0.4, -0.2) is 28.0 Å². The summed E-state index contributed by atoms with van der Waals surface area (Å²) in [6.07, 6.45) is 0. The molecule has 0 atom stereocenters. The van der Waals surface area contributed by atoms with Gasteiger partial charge in [-0.1, -0.05) is 42.0 Å². The second kappa shape index (κ2) is 7.94. The van der Waals surface area contributed by atoms with Gasteiger partial charge in [-0.25, -0.2) is 13.1 Å². The third kappa shape index (κ3) is 5.36. The van der Waals surface area contributed by atoms with Gasteiger partial charge in [0.1, 0.15) is 6.54 Å². The van der Waals surface area contributed by atoms with Crippen molar-refractivity contribution < 1.29 is 22.7 Å². The standard InChI is InChI=1S/C17H19NO5S/c1-13-6-5-7-14(10-13)12-24(20,21)18-11-17(19)23-16-9-4-3-8-15(16)22-2/h3-10,18H,11-12H2,1-2H3. The van der Waals surface area contributed by atoms with Gasteiger partial charge in [0.05, 0.1) is 12.9 Å². The van der Waals surface area contributed by atoms with Gasteiger partial charge in [-0.05, 0) is 24.6 Å². The highest BCUT2D eigenvalue weighted by atomic mass is 32.2. The summed E-state index contributed by atoms with van der Waals surface area (Å²) in [4.78, 5) is 11.8. The van der Waals surface area contributed by atoms with Crippen molar-refractivity contribution in [3.05, 3.63) is 59.7 Å². The topological polar surface area (TPSA) is 81.7 Å². The SMILES string of the molecule is COc1ccccc1OC(=O)CNS(=O)(=O)Cc1cccc(C)c1. The molecule has 0 radical (unpaired) electrons. The van der Waals surface area contributed by atoms with Gasteiger partial charge in [0.15, 0.2) is 11.5 Å². The van der Waals surface area contributed by atoms with Crippen LogP contribution in [0.2, 0.25) is 0 Å². The van der Waals surface area contributed by atoms with Gasteiger partial charge in [0.2, 0.25) is 10.0 Å². The zero-order valence-electron chi connectivity index (χ0n) is 13.5. The fourth-order valence-electron chi connectivity index (χ4n) is 2.10. The van der Waals surface area contributed by atoms with Crippen LogP contribution in [0.4, 0.5) is 0 Å². The minimum absolute atomic E-state index is 0.198. The highest BCUT2D eigenvalue weighted by Crippen LogP contribution is 2.25. The number of carbonyl (C=O) groups is 1. The Balaban J connectivity index is 1.93. The number of sulfonamides is 1. The number of benzene rings is 2. The van der Waals surface area contributed by atoms with Crippen LogP contribution in [-0.2, 0) is 20.6 Å². The third-order valence-corrected chi connectivity index (χ3v) is 4.47. The molecular formula is C17H19NO5S. The number of carbonyl (C=O) groups excluding carboxylic acids is 1. The third-order valence-electron chi connectivity index (χ3n) is 3.17. The van der Waals surface area contributed by atoms with E-state index in [1.54, 1.807) is 42.5 Å². The van der Waals surface area contributed by atoms with Crippen LogP contribution in [0.15, 0.2) is 48.5 Å². The second-order valence-corrected chi connectivity index (χ2v) is 7.00. The van der Waals surface area contributed by atoms with Crippen molar-refractivity contribution in [3.8, 4) is 11.5 Å². The number of nitrogens with one attached hydrogen (secondary N) is 1. The highest BCUT2D eigenvalue weighted by molar-refractivity contribution is 7.88. The number of hydrogen-bond donors (Lipinski definition) is 1. The number of para-hydroxylation sites is 2. The predicted molar refractivity (Wildman–Crippen MR) is 90.4 cm³/mol. The van der Waals surface area contributed by atoms with Crippen LogP contribution in [0.5, 0.6) is 11.5 Å². The molecule has 0 saturated heterocycles. The predicted octanol–water partition coefficient (Wildman–Crippen LogP) is 2.03. The normalized spacial score (nSPS) is 11.1. The molecule has 2 rings (SSSR count). The molecule has 0 saturated carbocycles. The average molecular weight is 349 g/mol. The van der Waals surface area contributed by atoms with Crippen molar-refractivity contribution in [2.45, 2.75) is 12.7 Å². The van der Waals surface area contributed by atoms with Crippen molar-refractivity contribution in [1.82, 2.24) is 4.72 Å². The Morgan fingerprint density at radius 3 is 2.46 bits per heavy atom. The summed E-state index contributed by atoms with van der Waals surface area (Å²) in [5.41, 5.74) is 1.62. The van der Waals surface area contributed by atoms with Gasteiger partial charge in [0, 0.05) is 0 Å². The van der Waals surface area contributed by atoms with Crippen molar-refractivity contribution >= 4 is 16.0 Å². The molecule has 2 aromatic carbocycles. The zero-order chi connectivity index (χ0) is 17.6. The minimum atomic E-state index is -3.64. The second-order valence-electron chi connectivity index (χ2n) is 5.19. The van der Waals surface area contributed by atoms with E-state index in [1.807, 2.05) is 13.0 Å². The van der Waals surface area contributed by atoms with Crippen molar-refractivity contribution in [2.24, 2.45) is 0 Å². The minimum Gasteiger partial charge on any atom is -0.493 e. The number of esters is 1. The van der Waals surface area contributed by atoms with E-state index < -0.39 is 22.5 Å². The van der Waals surface area contributed by atoms with E-state index in [2.05, 4.69) is 4.72 Å². The molecule has 0 amide bonds. The summed E-state index contributed by atoms with van der Waals surface area (Å²) >= 11 is 0. The van der Waals surface area contributed by atoms with Crippen LogP contribution in [0.3, 0.4) is 0 Å². The van der Waals surface area contributed by atoms with Gasteiger partial charge < -0.3 is 9.47 Å². The van der Waals surface area contributed by atoms with Crippen LogP contribution >= 0.6 is 0 Å². The molecule has 0 aromatic heterocycles. The lowest BCUT2D eigenvalue weighted by Crippen LogP contribution is -2.32. The fourth-order valence-corrected chi connectivity index (χ4v) is 3.16. The summed E-state index contributed by atoms with van der Waals surface area (Å²) in [7, 11) is -2.18. The lowest BCUT2D eigenvalue weighted by Gasteiger charge is -2.10. The number of aryl methyl sites for hydroxylation is 1. The molecule has 24 heavy (non-hydrogen) atoms. The molecule has 0 spiro atoms. The maximum absolute atomic E-state index is 12.0. The van der Waals surface area contributed by atoms with Gasteiger partial charge in [-0.15, -0.1) is 0 Å². The molecule has 7 heteroatoms. The van der Waals surface area contributed by atoms with E-state index >= 15 is 0 Å². The molecule has 0 heterocycles. The molecule has 0 fully saturated rings. The Labute approximate surface area is 141 Å². The first-order chi connectivity index (χ1) is 11.4. The molecule has 0 bridgehead atoms. The van der Waals surface area contributed by atoms with Crippen LogP contribution in [0.25, 0.3) is 0 Å². The molecule has 6 nitrogen and oxygen atoms in total. The van der Waals surface area contributed by atoms with Crippen LogP contribution < -0.4 is 14.2 Å². The first kappa shape index (κ1) is 18.0. The highest BCUT2D eigenvalue weighted by Gasteiger charge is 2.15. The Morgan fingerprint density at radius 1 is 1.08 bits per heavy atom. The largest absolute Gasteiger partial charge is 0.493 e. The Kier molecular flexibility index (Phi) is 5.94. The number of rotatable bonds is 7.